The van der Waals surface area contributed by atoms with E-state index in [1.165, 1.54) is 4.90 Å². The summed E-state index contributed by atoms with van der Waals surface area (Å²) in [6, 6.07) is 24.1. The number of hydrogen-bond donors (Lipinski definition) is 1. The summed E-state index contributed by atoms with van der Waals surface area (Å²) in [6.45, 7) is 0.295. The molecule has 1 heterocycles. The molecule has 0 fully saturated rings. The van der Waals surface area contributed by atoms with E-state index in [4.69, 9.17) is 4.74 Å². The number of carbonyl (C=O) groups is 1. The third-order valence-electron chi connectivity index (χ3n) is 4.84. The van der Waals surface area contributed by atoms with Crippen LogP contribution in [0.2, 0.25) is 0 Å². The topological polar surface area (TPSA) is 49.8 Å². The molecule has 1 atom stereocenters. The molecule has 0 spiro atoms. The maximum absolute atomic E-state index is 13.1. The Morgan fingerprint density at radius 1 is 0.923 bits per heavy atom. The van der Waals surface area contributed by atoms with E-state index in [1.807, 2.05) is 72.8 Å². The fourth-order valence-electron chi connectivity index (χ4n) is 3.49. The molecule has 0 saturated heterocycles. The highest BCUT2D eigenvalue weighted by atomic mass is 16.5. The number of ether oxygens (including phenoxy) is 1. The summed E-state index contributed by atoms with van der Waals surface area (Å²) in [5.41, 5.74) is 1.25. The largest absolute Gasteiger partial charge is 0.497 e. The van der Waals surface area contributed by atoms with Crippen LogP contribution >= 0.6 is 0 Å². The maximum Gasteiger partial charge on any atom is 0.257 e. The molecule has 1 aliphatic heterocycles. The van der Waals surface area contributed by atoms with Gasteiger partial charge in [0.15, 0.2) is 5.72 Å². The van der Waals surface area contributed by atoms with Crippen LogP contribution in [0, 0.1) is 0 Å². The van der Waals surface area contributed by atoms with Crippen molar-refractivity contribution in [2.45, 2.75) is 12.3 Å². The van der Waals surface area contributed by atoms with Gasteiger partial charge < -0.3 is 9.84 Å². The van der Waals surface area contributed by atoms with E-state index in [-0.39, 0.29) is 5.91 Å². The molecule has 4 heteroatoms. The molecular weight excluding hydrogens is 326 g/mol. The fraction of sp³-hybridized carbons (Fsp3) is 0.136. The van der Waals surface area contributed by atoms with Crippen LogP contribution in [0.1, 0.15) is 27.0 Å². The molecule has 4 rings (SSSR count). The van der Waals surface area contributed by atoms with Gasteiger partial charge in [0.25, 0.3) is 5.91 Å². The highest BCUT2D eigenvalue weighted by Crippen LogP contribution is 2.42. The predicted octanol–water partition coefficient (Wildman–Crippen LogP) is 3.54. The standard InChI is InChI=1S/C22H19NO3/c1-26-18-13-11-16(12-14-18)15-23-21(24)19-9-5-6-10-20(19)22(23,25)17-7-3-2-4-8-17/h2-14,25H,15H2,1H3. The van der Waals surface area contributed by atoms with Crippen molar-refractivity contribution in [2.24, 2.45) is 0 Å². The van der Waals surface area contributed by atoms with Crippen LogP contribution in [0.4, 0.5) is 0 Å². The van der Waals surface area contributed by atoms with Crippen molar-refractivity contribution in [1.29, 1.82) is 0 Å². The average molecular weight is 345 g/mol. The van der Waals surface area contributed by atoms with Gasteiger partial charge in [-0.1, -0.05) is 60.7 Å². The molecule has 0 radical (unpaired) electrons. The molecule has 1 N–H and O–H groups in total. The summed E-state index contributed by atoms with van der Waals surface area (Å²) < 4.78 is 5.19. The van der Waals surface area contributed by atoms with Crippen LogP contribution < -0.4 is 4.74 Å². The van der Waals surface area contributed by atoms with Crippen molar-refractivity contribution in [2.75, 3.05) is 7.11 Å². The second-order valence-corrected chi connectivity index (χ2v) is 6.32. The first-order chi connectivity index (χ1) is 12.6. The highest BCUT2D eigenvalue weighted by molar-refractivity contribution is 6.00. The lowest BCUT2D eigenvalue weighted by molar-refractivity contribution is -0.0542. The van der Waals surface area contributed by atoms with Gasteiger partial charge in [-0.2, -0.15) is 0 Å². The number of aliphatic hydroxyl groups is 1. The first kappa shape index (κ1) is 16.4. The molecule has 1 unspecified atom stereocenters. The van der Waals surface area contributed by atoms with Gasteiger partial charge in [-0.15, -0.1) is 0 Å². The van der Waals surface area contributed by atoms with Crippen LogP contribution in [0.3, 0.4) is 0 Å². The normalized spacial score (nSPS) is 18.7. The number of amides is 1. The quantitative estimate of drug-likeness (QED) is 0.787. The number of methoxy groups -OCH3 is 1. The van der Waals surface area contributed by atoms with Gasteiger partial charge in [0.2, 0.25) is 0 Å². The summed E-state index contributed by atoms with van der Waals surface area (Å²) in [7, 11) is 1.61. The number of benzene rings is 3. The Labute approximate surface area is 152 Å². The molecular formula is C22H19NO3. The number of carbonyl (C=O) groups excluding carboxylic acids is 1. The molecule has 1 amide bonds. The van der Waals surface area contributed by atoms with Crippen molar-refractivity contribution >= 4 is 5.91 Å². The van der Waals surface area contributed by atoms with Crippen LogP contribution in [-0.4, -0.2) is 23.0 Å². The minimum Gasteiger partial charge on any atom is -0.497 e. The summed E-state index contributed by atoms with van der Waals surface area (Å²) >= 11 is 0. The molecule has 3 aromatic rings. The van der Waals surface area contributed by atoms with E-state index >= 15 is 0 Å². The van der Waals surface area contributed by atoms with Crippen LogP contribution in [-0.2, 0) is 12.3 Å². The third-order valence-corrected chi connectivity index (χ3v) is 4.84. The molecule has 0 aliphatic carbocycles. The summed E-state index contributed by atoms with van der Waals surface area (Å²) in [5, 5.41) is 11.7. The molecule has 0 saturated carbocycles. The molecule has 0 aromatic heterocycles. The van der Waals surface area contributed by atoms with Gasteiger partial charge in [0.1, 0.15) is 5.75 Å². The smallest absolute Gasteiger partial charge is 0.257 e. The van der Waals surface area contributed by atoms with Crippen molar-refractivity contribution in [3.05, 3.63) is 101 Å². The van der Waals surface area contributed by atoms with Gasteiger partial charge in [0, 0.05) is 23.2 Å². The summed E-state index contributed by atoms with van der Waals surface area (Å²) in [5.74, 6) is 0.575. The van der Waals surface area contributed by atoms with Crippen molar-refractivity contribution in [3.63, 3.8) is 0 Å². The van der Waals surface area contributed by atoms with E-state index in [2.05, 4.69) is 0 Å². The Bertz CT molecular complexity index is 937. The van der Waals surface area contributed by atoms with Crippen LogP contribution in [0.25, 0.3) is 0 Å². The molecule has 3 aromatic carbocycles. The Kier molecular flexibility index (Phi) is 3.98. The molecule has 0 bridgehead atoms. The molecule has 26 heavy (non-hydrogen) atoms. The van der Waals surface area contributed by atoms with Gasteiger partial charge in [0.05, 0.1) is 7.11 Å². The molecule has 130 valence electrons. The summed E-state index contributed by atoms with van der Waals surface area (Å²) in [4.78, 5) is 14.6. The first-order valence-electron chi connectivity index (χ1n) is 8.47. The minimum absolute atomic E-state index is 0.178. The Hall–Kier alpha value is -3.11. The Morgan fingerprint density at radius 3 is 2.27 bits per heavy atom. The predicted molar refractivity (Wildman–Crippen MR) is 98.8 cm³/mol. The first-order valence-corrected chi connectivity index (χ1v) is 8.47. The maximum atomic E-state index is 13.1. The van der Waals surface area contributed by atoms with Crippen molar-refractivity contribution in [3.8, 4) is 5.75 Å². The second-order valence-electron chi connectivity index (χ2n) is 6.32. The Morgan fingerprint density at radius 2 is 1.58 bits per heavy atom. The number of rotatable bonds is 4. The Balaban J connectivity index is 1.80. The van der Waals surface area contributed by atoms with Crippen LogP contribution in [0.5, 0.6) is 5.75 Å². The third kappa shape index (κ3) is 2.47. The monoisotopic (exact) mass is 345 g/mol. The van der Waals surface area contributed by atoms with Crippen LogP contribution in [0.15, 0.2) is 78.9 Å². The average Bonchev–Trinajstić information content (AvgIpc) is 2.92. The number of hydrogen-bond acceptors (Lipinski definition) is 3. The van der Waals surface area contributed by atoms with Crippen molar-refractivity contribution in [1.82, 2.24) is 4.90 Å². The minimum atomic E-state index is -1.49. The fourth-order valence-corrected chi connectivity index (χ4v) is 3.49. The lowest BCUT2D eigenvalue weighted by Gasteiger charge is -2.35. The zero-order chi connectivity index (χ0) is 18.1. The molecule has 1 aliphatic rings. The zero-order valence-electron chi connectivity index (χ0n) is 14.4. The van der Waals surface area contributed by atoms with E-state index in [1.54, 1.807) is 13.2 Å². The van der Waals surface area contributed by atoms with Crippen molar-refractivity contribution < 1.29 is 14.6 Å². The zero-order valence-corrected chi connectivity index (χ0v) is 14.4. The van der Waals surface area contributed by atoms with E-state index in [9.17, 15) is 9.90 Å². The van der Waals surface area contributed by atoms with E-state index in [0.717, 1.165) is 11.3 Å². The van der Waals surface area contributed by atoms with E-state index in [0.29, 0.717) is 23.2 Å². The highest BCUT2D eigenvalue weighted by Gasteiger charge is 2.49. The van der Waals surface area contributed by atoms with E-state index < -0.39 is 5.72 Å². The van der Waals surface area contributed by atoms with Gasteiger partial charge in [-0.05, 0) is 23.8 Å². The van der Waals surface area contributed by atoms with Gasteiger partial charge >= 0.3 is 0 Å². The van der Waals surface area contributed by atoms with Gasteiger partial charge in [-0.3, -0.25) is 9.69 Å². The summed E-state index contributed by atoms with van der Waals surface area (Å²) in [6.07, 6.45) is 0. The molecule has 4 nitrogen and oxygen atoms in total. The second kappa shape index (κ2) is 6.32. The van der Waals surface area contributed by atoms with Gasteiger partial charge in [-0.25, -0.2) is 0 Å². The lowest BCUT2D eigenvalue weighted by atomic mass is 9.93. The number of nitrogens with zero attached hydrogens (tertiary/aromatic N) is 1. The SMILES string of the molecule is COc1ccc(CN2C(=O)c3ccccc3C2(O)c2ccccc2)cc1. The number of fused-ring (bicyclic) bond motifs is 1. The lowest BCUT2D eigenvalue weighted by Crippen LogP contribution is -2.44.